The summed E-state index contributed by atoms with van der Waals surface area (Å²) in [5.74, 6) is -1.12. The average Bonchev–Trinajstić information content (AvgIpc) is 2.51. The largest absolute Gasteiger partial charge is 0.449 e. The van der Waals surface area contributed by atoms with Crippen LogP contribution in [0.1, 0.15) is 0 Å². The van der Waals surface area contributed by atoms with Crippen molar-refractivity contribution in [3.8, 4) is 0 Å². The normalized spacial score (nSPS) is 40.5. The Labute approximate surface area is 85.5 Å². The van der Waals surface area contributed by atoms with E-state index in [1.165, 1.54) is 0 Å². The maximum Gasteiger partial charge on any atom is 0.316 e. The van der Waals surface area contributed by atoms with Gasteiger partial charge in [0.15, 0.2) is 5.76 Å². The van der Waals surface area contributed by atoms with Gasteiger partial charge >= 0.3 is 5.97 Å². The molecule has 1 saturated heterocycles. The van der Waals surface area contributed by atoms with Crippen LogP contribution in [-0.2, 0) is 19.1 Å². The summed E-state index contributed by atoms with van der Waals surface area (Å²) in [6.45, 7) is 0. The van der Waals surface area contributed by atoms with Gasteiger partial charge in [0.05, 0.1) is 11.8 Å². The number of primary amides is 1. The standard InChI is InChI=1S/C10H9NO4/c11-8(12)7-3-6-4-1-2-5(6)10(14-7)15-9(4)13/h1-6,10H,(H2,11,12)/t4-,5-,6-,10+/m1/s1. The first-order valence-electron chi connectivity index (χ1n) is 4.74. The summed E-state index contributed by atoms with van der Waals surface area (Å²) in [6, 6.07) is 0. The zero-order chi connectivity index (χ0) is 10.6. The van der Waals surface area contributed by atoms with Crippen LogP contribution in [0.15, 0.2) is 24.0 Å². The number of hydrogen-bond donors (Lipinski definition) is 1. The highest BCUT2D eigenvalue weighted by Gasteiger charge is 2.50. The second-order valence-electron chi connectivity index (χ2n) is 3.88. The van der Waals surface area contributed by atoms with E-state index in [-0.39, 0.29) is 29.5 Å². The van der Waals surface area contributed by atoms with E-state index in [9.17, 15) is 9.59 Å². The van der Waals surface area contributed by atoms with Crippen molar-refractivity contribution in [3.05, 3.63) is 24.0 Å². The molecule has 0 saturated carbocycles. The third-order valence-corrected chi connectivity index (χ3v) is 3.05. The van der Waals surface area contributed by atoms with Crippen molar-refractivity contribution in [2.24, 2.45) is 23.5 Å². The molecule has 4 atom stereocenters. The van der Waals surface area contributed by atoms with Crippen molar-refractivity contribution < 1.29 is 19.1 Å². The van der Waals surface area contributed by atoms with Gasteiger partial charge in [-0.2, -0.15) is 0 Å². The Bertz CT molecular complexity index is 412. The Hall–Kier alpha value is -1.78. The maximum atomic E-state index is 11.4. The highest BCUT2D eigenvalue weighted by molar-refractivity contribution is 5.90. The molecule has 78 valence electrons. The van der Waals surface area contributed by atoms with Crippen LogP contribution in [0.3, 0.4) is 0 Å². The van der Waals surface area contributed by atoms with E-state index in [1.54, 1.807) is 6.08 Å². The number of nitrogens with two attached hydrogens (primary N) is 1. The topological polar surface area (TPSA) is 78.6 Å². The number of hydrogen-bond acceptors (Lipinski definition) is 4. The van der Waals surface area contributed by atoms with Gasteiger partial charge in [0, 0.05) is 5.92 Å². The van der Waals surface area contributed by atoms with Crippen molar-refractivity contribution >= 4 is 11.9 Å². The summed E-state index contributed by atoms with van der Waals surface area (Å²) in [4.78, 5) is 22.4. The van der Waals surface area contributed by atoms with E-state index in [0.717, 1.165) is 0 Å². The Balaban J connectivity index is 2.03. The molecule has 15 heavy (non-hydrogen) atoms. The summed E-state index contributed by atoms with van der Waals surface area (Å²) in [5.41, 5.74) is 5.12. The van der Waals surface area contributed by atoms with Gasteiger partial charge in [0.25, 0.3) is 12.2 Å². The monoisotopic (exact) mass is 207 g/mol. The molecular weight excluding hydrogens is 198 g/mol. The highest BCUT2D eigenvalue weighted by Crippen LogP contribution is 2.44. The average molecular weight is 207 g/mol. The highest BCUT2D eigenvalue weighted by atomic mass is 16.7. The summed E-state index contributed by atoms with van der Waals surface area (Å²) in [7, 11) is 0. The molecule has 0 spiro atoms. The molecule has 3 rings (SSSR count). The Morgan fingerprint density at radius 1 is 1.27 bits per heavy atom. The molecule has 2 N–H and O–H groups in total. The van der Waals surface area contributed by atoms with Crippen LogP contribution in [0.2, 0.25) is 0 Å². The molecule has 0 aromatic carbocycles. The lowest BCUT2D eigenvalue weighted by Crippen LogP contribution is -2.45. The lowest BCUT2D eigenvalue weighted by atomic mass is 9.83. The maximum absolute atomic E-state index is 11.4. The van der Waals surface area contributed by atoms with Gasteiger partial charge in [-0.05, 0) is 6.08 Å². The smallest absolute Gasteiger partial charge is 0.316 e. The van der Waals surface area contributed by atoms with Crippen molar-refractivity contribution in [2.75, 3.05) is 0 Å². The van der Waals surface area contributed by atoms with E-state index < -0.39 is 12.2 Å². The number of ether oxygens (including phenoxy) is 2. The van der Waals surface area contributed by atoms with Crippen LogP contribution in [0.5, 0.6) is 0 Å². The molecule has 5 nitrogen and oxygen atoms in total. The minimum atomic E-state index is -0.690. The molecule has 0 unspecified atom stereocenters. The molecule has 3 aliphatic rings. The first-order chi connectivity index (χ1) is 7.16. The SMILES string of the molecule is NC(=O)C1=C[C@H]2[C@H]3C=C[C@H]2C(=O)O[C@@H]3O1. The van der Waals surface area contributed by atoms with Crippen molar-refractivity contribution in [3.63, 3.8) is 0 Å². The zero-order valence-corrected chi connectivity index (χ0v) is 7.75. The van der Waals surface area contributed by atoms with Crippen LogP contribution in [0.25, 0.3) is 0 Å². The van der Waals surface area contributed by atoms with E-state index in [2.05, 4.69) is 0 Å². The van der Waals surface area contributed by atoms with Gasteiger partial charge in [-0.25, -0.2) is 0 Å². The van der Waals surface area contributed by atoms with Gasteiger partial charge in [-0.15, -0.1) is 0 Å². The summed E-state index contributed by atoms with van der Waals surface area (Å²) in [5, 5.41) is 0. The predicted molar refractivity (Wildman–Crippen MR) is 47.9 cm³/mol. The minimum absolute atomic E-state index is 0.0239. The number of carbonyl (C=O) groups is 2. The van der Waals surface area contributed by atoms with Gasteiger partial charge in [0.1, 0.15) is 0 Å². The predicted octanol–water partition coefficient (Wildman–Crippen LogP) is -0.313. The van der Waals surface area contributed by atoms with Crippen molar-refractivity contribution in [1.29, 1.82) is 0 Å². The first kappa shape index (κ1) is 8.52. The van der Waals surface area contributed by atoms with Gasteiger partial charge in [-0.3, -0.25) is 9.59 Å². The summed E-state index contributed by atoms with van der Waals surface area (Å²) in [6.07, 6.45) is 4.65. The second-order valence-corrected chi connectivity index (χ2v) is 3.88. The second kappa shape index (κ2) is 2.62. The molecule has 2 aliphatic heterocycles. The molecule has 1 amide bonds. The van der Waals surface area contributed by atoms with Gasteiger partial charge in [-0.1, -0.05) is 12.2 Å². The zero-order valence-electron chi connectivity index (χ0n) is 7.75. The van der Waals surface area contributed by atoms with Crippen LogP contribution in [0, 0.1) is 17.8 Å². The van der Waals surface area contributed by atoms with Gasteiger partial charge in [0.2, 0.25) is 0 Å². The number of amides is 1. The Kier molecular flexibility index (Phi) is 1.49. The third-order valence-electron chi connectivity index (χ3n) is 3.05. The van der Waals surface area contributed by atoms with Crippen molar-refractivity contribution in [2.45, 2.75) is 6.29 Å². The van der Waals surface area contributed by atoms with Crippen molar-refractivity contribution in [1.82, 2.24) is 0 Å². The van der Waals surface area contributed by atoms with E-state index in [1.807, 2.05) is 12.2 Å². The van der Waals surface area contributed by atoms with E-state index >= 15 is 0 Å². The molecule has 5 heteroatoms. The summed E-state index contributed by atoms with van der Waals surface area (Å²) < 4.78 is 10.3. The van der Waals surface area contributed by atoms with Crippen LogP contribution < -0.4 is 5.73 Å². The first-order valence-corrected chi connectivity index (χ1v) is 4.74. The quantitative estimate of drug-likeness (QED) is 0.472. The van der Waals surface area contributed by atoms with E-state index in [4.69, 9.17) is 15.2 Å². The number of rotatable bonds is 1. The van der Waals surface area contributed by atoms with Crippen LogP contribution >= 0.6 is 0 Å². The fourth-order valence-electron chi connectivity index (χ4n) is 2.32. The number of esters is 1. The molecule has 4 bridgehead atoms. The Morgan fingerprint density at radius 3 is 2.80 bits per heavy atom. The summed E-state index contributed by atoms with van der Waals surface area (Å²) >= 11 is 0. The number of allylic oxidation sites excluding steroid dienone is 1. The van der Waals surface area contributed by atoms with Crippen LogP contribution in [0.4, 0.5) is 0 Å². The third kappa shape index (κ3) is 1.03. The molecule has 1 fully saturated rings. The fourth-order valence-corrected chi connectivity index (χ4v) is 2.32. The lowest BCUT2D eigenvalue weighted by Gasteiger charge is -2.37. The molecule has 1 aliphatic carbocycles. The van der Waals surface area contributed by atoms with Gasteiger partial charge < -0.3 is 15.2 Å². The Morgan fingerprint density at radius 2 is 2.07 bits per heavy atom. The molecule has 0 aromatic rings. The van der Waals surface area contributed by atoms with E-state index in [0.29, 0.717) is 0 Å². The minimum Gasteiger partial charge on any atom is -0.449 e. The lowest BCUT2D eigenvalue weighted by molar-refractivity contribution is -0.203. The number of carbonyl (C=O) groups excluding carboxylic acids is 2. The molecule has 0 radical (unpaired) electrons. The molecule has 0 aromatic heterocycles. The molecule has 2 heterocycles. The van der Waals surface area contributed by atoms with Crippen LogP contribution in [-0.4, -0.2) is 18.2 Å². The molecular formula is C10H9NO4. The fraction of sp³-hybridized carbons (Fsp3) is 0.400.